The van der Waals surface area contributed by atoms with E-state index < -0.39 is 37.3 Å². The maximum absolute atomic E-state index is 10.4. The predicted octanol–water partition coefficient (Wildman–Crippen LogP) is -0.996. The highest BCUT2D eigenvalue weighted by atomic mass is 16.6. The fourth-order valence-electron chi connectivity index (χ4n) is 3.09. The van der Waals surface area contributed by atoms with Crippen molar-refractivity contribution in [3.8, 4) is 0 Å². The van der Waals surface area contributed by atoms with Gasteiger partial charge in [0, 0.05) is 0 Å². The molecular formula is C16H19N5O6. The minimum absolute atomic E-state index is 0.351. The molecular weight excluding hydrogens is 358 g/mol. The van der Waals surface area contributed by atoms with E-state index in [1.165, 1.54) is 17.2 Å². The average Bonchev–Trinajstić information content (AvgIpc) is 3.35. The van der Waals surface area contributed by atoms with Crippen LogP contribution in [-0.2, 0) is 11.3 Å². The Morgan fingerprint density at radius 1 is 1.11 bits per heavy atom. The van der Waals surface area contributed by atoms with Crippen LogP contribution >= 0.6 is 0 Å². The third-order valence-electron chi connectivity index (χ3n) is 4.52. The highest BCUT2D eigenvalue weighted by Gasteiger charge is 2.44. The van der Waals surface area contributed by atoms with Crippen molar-refractivity contribution < 1.29 is 29.6 Å². The molecule has 0 spiro atoms. The molecule has 0 bridgehead atoms. The molecule has 1 aliphatic rings. The lowest BCUT2D eigenvalue weighted by atomic mass is 9.98. The number of aromatic nitrogens is 4. The van der Waals surface area contributed by atoms with Crippen LogP contribution in [0.5, 0.6) is 0 Å². The summed E-state index contributed by atoms with van der Waals surface area (Å²) in [5.74, 6) is 1.12. The Morgan fingerprint density at radius 3 is 2.70 bits per heavy atom. The lowest BCUT2D eigenvalue weighted by Gasteiger charge is -2.40. The largest absolute Gasteiger partial charge is 0.467 e. The van der Waals surface area contributed by atoms with Gasteiger partial charge in [0.2, 0.25) is 0 Å². The van der Waals surface area contributed by atoms with Gasteiger partial charge >= 0.3 is 0 Å². The monoisotopic (exact) mass is 377 g/mol. The zero-order chi connectivity index (χ0) is 19.0. The summed E-state index contributed by atoms with van der Waals surface area (Å²) >= 11 is 0. The van der Waals surface area contributed by atoms with Crippen LogP contribution in [0.4, 0.5) is 5.82 Å². The molecule has 27 heavy (non-hydrogen) atoms. The van der Waals surface area contributed by atoms with Crippen LogP contribution in [0.15, 0.2) is 35.5 Å². The quantitative estimate of drug-likeness (QED) is 0.373. The van der Waals surface area contributed by atoms with Gasteiger partial charge in [-0.15, -0.1) is 0 Å². The van der Waals surface area contributed by atoms with Gasteiger partial charge in [0.15, 0.2) is 17.7 Å². The second-order valence-corrected chi connectivity index (χ2v) is 6.20. The molecule has 3 aromatic heterocycles. The zero-order valence-corrected chi connectivity index (χ0v) is 14.1. The first-order valence-electron chi connectivity index (χ1n) is 8.34. The fourth-order valence-corrected chi connectivity index (χ4v) is 3.09. The lowest BCUT2D eigenvalue weighted by molar-refractivity contribution is -0.250. The third kappa shape index (κ3) is 3.15. The Hall–Kier alpha value is -2.57. The summed E-state index contributed by atoms with van der Waals surface area (Å²) in [5.41, 5.74) is 0.789. The number of furan rings is 1. The minimum Gasteiger partial charge on any atom is -0.467 e. The van der Waals surface area contributed by atoms with Gasteiger partial charge in [0.25, 0.3) is 0 Å². The molecule has 0 aromatic carbocycles. The van der Waals surface area contributed by atoms with Crippen molar-refractivity contribution in [2.24, 2.45) is 0 Å². The van der Waals surface area contributed by atoms with E-state index in [1.54, 1.807) is 18.4 Å². The third-order valence-corrected chi connectivity index (χ3v) is 4.52. The summed E-state index contributed by atoms with van der Waals surface area (Å²) in [6, 6.07) is 3.57. The first-order chi connectivity index (χ1) is 13.1. The van der Waals surface area contributed by atoms with Crippen LogP contribution in [0.2, 0.25) is 0 Å². The number of aliphatic hydroxyl groups excluding tert-OH is 4. The predicted molar refractivity (Wildman–Crippen MR) is 90.4 cm³/mol. The molecule has 4 rings (SSSR count). The first-order valence-corrected chi connectivity index (χ1v) is 8.34. The number of aliphatic hydroxyl groups is 4. The normalized spacial score (nSPS) is 28.5. The highest BCUT2D eigenvalue weighted by Crippen LogP contribution is 2.32. The van der Waals surface area contributed by atoms with Crippen molar-refractivity contribution in [2.45, 2.75) is 37.2 Å². The topological polar surface area (TPSA) is 159 Å². The number of rotatable bonds is 5. The van der Waals surface area contributed by atoms with Crippen molar-refractivity contribution in [2.75, 3.05) is 11.9 Å². The van der Waals surface area contributed by atoms with Crippen molar-refractivity contribution in [3.05, 3.63) is 36.8 Å². The molecule has 0 amide bonds. The molecule has 1 fully saturated rings. The molecule has 11 nitrogen and oxygen atoms in total. The number of anilines is 1. The van der Waals surface area contributed by atoms with E-state index in [1.807, 2.05) is 0 Å². The Labute approximate surface area is 152 Å². The maximum atomic E-state index is 10.4. The average molecular weight is 377 g/mol. The number of imidazole rings is 1. The van der Waals surface area contributed by atoms with E-state index >= 15 is 0 Å². The van der Waals surface area contributed by atoms with Crippen LogP contribution in [-0.4, -0.2) is 71.0 Å². The number of nitrogens with one attached hydrogen (secondary N) is 1. The van der Waals surface area contributed by atoms with E-state index in [9.17, 15) is 20.4 Å². The molecule has 5 N–H and O–H groups in total. The van der Waals surface area contributed by atoms with Gasteiger partial charge in [-0.25, -0.2) is 15.0 Å². The summed E-state index contributed by atoms with van der Waals surface area (Å²) in [6.07, 6.45) is -2.22. The van der Waals surface area contributed by atoms with Crippen LogP contribution in [0.25, 0.3) is 11.2 Å². The first kappa shape index (κ1) is 17.8. The summed E-state index contributed by atoms with van der Waals surface area (Å²) < 4.78 is 12.3. The minimum atomic E-state index is -1.50. The van der Waals surface area contributed by atoms with Crippen molar-refractivity contribution in [1.29, 1.82) is 0 Å². The van der Waals surface area contributed by atoms with E-state index in [0.717, 1.165) is 0 Å². The van der Waals surface area contributed by atoms with Gasteiger partial charge in [-0.2, -0.15) is 0 Å². The summed E-state index contributed by atoms with van der Waals surface area (Å²) in [5, 5.41) is 42.9. The molecule has 0 aliphatic carbocycles. The van der Waals surface area contributed by atoms with Gasteiger partial charge in [-0.3, -0.25) is 4.57 Å². The standard InChI is InChI=1S/C16H19N5O6/c22-5-9-11(23)12(24)13(25)16(27-9)21-7-20-15-10(21)14(18-6-19-15)17-4-8-2-1-3-26-8/h1-3,6-7,9,11-13,16,22-25H,4-5H2,(H,17,18,19)/t9-,11-,12+,13-,16+/m1/s1. The van der Waals surface area contributed by atoms with Crippen LogP contribution in [0.1, 0.15) is 12.0 Å². The highest BCUT2D eigenvalue weighted by molar-refractivity contribution is 5.83. The van der Waals surface area contributed by atoms with E-state index in [2.05, 4.69) is 20.3 Å². The van der Waals surface area contributed by atoms with Crippen molar-refractivity contribution in [3.63, 3.8) is 0 Å². The van der Waals surface area contributed by atoms with E-state index in [4.69, 9.17) is 9.15 Å². The summed E-state index contributed by atoms with van der Waals surface area (Å²) in [7, 11) is 0. The molecule has 11 heteroatoms. The Morgan fingerprint density at radius 2 is 1.96 bits per heavy atom. The molecule has 144 valence electrons. The van der Waals surface area contributed by atoms with Gasteiger partial charge in [-0.05, 0) is 12.1 Å². The van der Waals surface area contributed by atoms with Gasteiger partial charge < -0.3 is 34.9 Å². The molecule has 4 heterocycles. The Kier molecular flexibility index (Phi) is 4.76. The van der Waals surface area contributed by atoms with Gasteiger partial charge in [0.1, 0.15) is 48.3 Å². The molecule has 0 radical (unpaired) electrons. The molecule has 5 atom stereocenters. The number of nitrogens with zero attached hydrogens (tertiary/aromatic N) is 4. The Bertz CT molecular complexity index is 898. The number of ether oxygens (including phenoxy) is 1. The molecule has 0 unspecified atom stereocenters. The number of hydrogen-bond acceptors (Lipinski definition) is 10. The van der Waals surface area contributed by atoms with Crippen LogP contribution < -0.4 is 5.32 Å². The van der Waals surface area contributed by atoms with Gasteiger partial charge in [0.05, 0.1) is 19.4 Å². The smallest absolute Gasteiger partial charge is 0.183 e. The lowest BCUT2D eigenvalue weighted by Crippen LogP contribution is -2.56. The van der Waals surface area contributed by atoms with Crippen LogP contribution in [0.3, 0.4) is 0 Å². The second kappa shape index (κ2) is 7.21. The van der Waals surface area contributed by atoms with E-state index in [-0.39, 0.29) is 0 Å². The van der Waals surface area contributed by atoms with Gasteiger partial charge in [-0.1, -0.05) is 0 Å². The summed E-state index contributed by atoms with van der Waals surface area (Å²) in [6.45, 7) is -0.160. The SMILES string of the molecule is OC[C@H]1O[C@H](n2cnc3ncnc(NCc4ccco4)c32)[C@H](O)[C@@H](O)[C@@H]1O. The fraction of sp³-hybridized carbons (Fsp3) is 0.438. The molecule has 3 aromatic rings. The Balaban J connectivity index is 1.69. The second-order valence-electron chi connectivity index (χ2n) is 6.20. The maximum Gasteiger partial charge on any atom is 0.183 e. The van der Waals surface area contributed by atoms with Crippen molar-refractivity contribution in [1.82, 2.24) is 19.5 Å². The molecule has 1 saturated heterocycles. The van der Waals surface area contributed by atoms with Crippen molar-refractivity contribution >= 4 is 17.0 Å². The molecule has 0 saturated carbocycles. The van der Waals surface area contributed by atoms with E-state index in [0.29, 0.717) is 29.3 Å². The summed E-state index contributed by atoms with van der Waals surface area (Å²) in [4.78, 5) is 12.5. The zero-order valence-electron chi connectivity index (χ0n) is 14.1. The number of fused-ring (bicyclic) bond motifs is 1. The molecule has 1 aliphatic heterocycles. The number of hydrogen-bond donors (Lipinski definition) is 5. The van der Waals surface area contributed by atoms with Crippen LogP contribution in [0, 0.1) is 0 Å².